The number of hydrogen-bond acceptors (Lipinski definition) is 5. The molecule has 8 heteroatoms. The second kappa shape index (κ2) is 7.69. The Hall–Kier alpha value is -3.39. The number of nitro benzene ring substituents is 1. The smallest absolute Gasteiger partial charge is 0.269 e. The number of non-ortho nitro benzene ring substituents is 1. The summed E-state index contributed by atoms with van der Waals surface area (Å²) in [6.07, 6.45) is 5.04. The Labute approximate surface area is 165 Å². The van der Waals surface area contributed by atoms with Gasteiger partial charge >= 0.3 is 0 Å². The summed E-state index contributed by atoms with van der Waals surface area (Å²) in [6, 6.07) is 13.5. The Balaban J connectivity index is 1.43. The number of aryl methyl sites for hydroxylation is 1. The van der Waals surface area contributed by atoms with Crippen LogP contribution in [0, 0.1) is 10.1 Å². The van der Waals surface area contributed by atoms with Crippen LogP contribution in [0.5, 0.6) is 0 Å². The Morgan fingerprint density at radius 2 is 2.07 bits per heavy atom. The number of anilines is 1. The number of fused-ring (bicyclic) bond motifs is 1. The van der Waals surface area contributed by atoms with E-state index < -0.39 is 4.92 Å². The van der Waals surface area contributed by atoms with E-state index in [1.54, 1.807) is 30.0 Å². The van der Waals surface area contributed by atoms with Crippen LogP contribution < -0.4 is 5.32 Å². The number of amides is 1. The number of nitro groups is 1. The van der Waals surface area contributed by atoms with Gasteiger partial charge in [-0.1, -0.05) is 23.9 Å². The third kappa shape index (κ3) is 3.96. The molecule has 1 aromatic heterocycles. The number of rotatable bonds is 5. The summed E-state index contributed by atoms with van der Waals surface area (Å²) in [5, 5.41) is 14.5. The third-order valence-electron chi connectivity index (χ3n) is 4.26. The Bertz CT molecular complexity index is 1050. The number of imidazole rings is 1. The SMILES string of the molecule is O=C(/C=C/c1ccc([N+](=O)[O-])cc1)Nc1cccc(-c2cn3c(n2)SCC3)c1. The fraction of sp³-hybridized carbons (Fsp3) is 0.100. The lowest BCUT2D eigenvalue weighted by molar-refractivity contribution is -0.384. The number of thioether (sulfide) groups is 1. The average molecular weight is 392 g/mol. The molecule has 0 aliphatic carbocycles. The highest BCUT2D eigenvalue weighted by Gasteiger charge is 2.15. The lowest BCUT2D eigenvalue weighted by Gasteiger charge is -2.04. The number of carbonyl (C=O) groups excluding carboxylic acids is 1. The number of aromatic nitrogens is 2. The standard InChI is InChI=1S/C20H16N4O3S/c25-19(9-6-14-4-7-17(8-5-14)24(26)27)21-16-3-1-2-15(12-16)18-13-23-10-11-28-20(23)22-18/h1-9,12-13H,10-11H2,(H,21,25)/b9-6+. The summed E-state index contributed by atoms with van der Waals surface area (Å²) in [5.41, 5.74) is 3.23. The normalized spacial score (nSPS) is 12.9. The molecule has 0 spiro atoms. The van der Waals surface area contributed by atoms with Crippen LogP contribution in [0.1, 0.15) is 5.56 Å². The van der Waals surface area contributed by atoms with E-state index in [-0.39, 0.29) is 11.6 Å². The first-order valence-electron chi connectivity index (χ1n) is 8.62. The van der Waals surface area contributed by atoms with Crippen molar-refractivity contribution in [3.05, 3.63) is 76.5 Å². The van der Waals surface area contributed by atoms with Crippen LogP contribution in [0.15, 0.2) is 66.0 Å². The van der Waals surface area contributed by atoms with Crippen LogP contribution in [0.4, 0.5) is 11.4 Å². The van der Waals surface area contributed by atoms with Crippen molar-refractivity contribution in [3.8, 4) is 11.3 Å². The highest BCUT2D eigenvalue weighted by Crippen LogP contribution is 2.29. The van der Waals surface area contributed by atoms with Crippen molar-refractivity contribution in [2.24, 2.45) is 0 Å². The van der Waals surface area contributed by atoms with Gasteiger partial charge in [-0.2, -0.15) is 0 Å². The maximum Gasteiger partial charge on any atom is 0.269 e. The molecular weight excluding hydrogens is 376 g/mol. The molecule has 7 nitrogen and oxygen atoms in total. The zero-order chi connectivity index (χ0) is 19.5. The molecule has 140 valence electrons. The van der Waals surface area contributed by atoms with E-state index in [9.17, 15) is 14.9 Å². The summed E-state index contributed by atoms with van der Waals surface area (Å²) in [6.45, 7) is 0.969. The van der Waals surface area contributed by atoms with Crippen LogP contribution >= 0.6 is 11.8 Å². The van der Waals surface area contributed by atoms with Crippen molar-refractivity contribution in [1.29, 1.82) is 0 Å². The van der Waals surface area contributed by atoms with Gasteiger partial charge in [-0.25, -0.2) is 4.98 Å². The van der Waals surface area contributed by atoms with Gasteiger partial charge < -0.3 is 9.88 Å². The van der Waals surface area contributed by atoms with E-state index in [2.05, 4.69) is 14.9 Å². The molecule has 28 heavy (non-hydrogen) atoms. The number of carbonyl (C=O) groups is 1. The summed E-state index contributed by atoms with van der Waals surface area (Å²) in [4.78, 5) is 27.0. The monoisotopic (exact) mass is 392 g/mol. The molecule has 1 aliphatic rings. The fourth-order valence-corrected chi connectivity index (χ4v) is 3.81. The Morgan fingerprint density at radius 1 is 1.25 bits per heavy atom. The van der Waals surface area contributed by atoms with Crippen molar-refractivity contribution >= 4 is 35.1 Å². The van der Waals surface area contributed by atoms with E-state index in [1.807, 2.05) is 30.5 Å². The molecule has 1 aliphatic heterocycles. The van der Waals surface area contributed by atoms with Gasteiger partial charge in [-0.05, 0) is 35.9 Å². The largest absolute Gasteiger partial charge is 0.325 e. The van der Waals surface area contributed by atoms with Crippen molar-refractivity contribution in [2.45, 2.75) is 11.7 Å². The van der Waals surface area contributed by atoms with Gasteiger partial charge in [-0.15, -0.1) is 0 Å². The second-order valence-electron chi connectivity index (χ2n) is 6.20. The van der Waals surface area contributed by atoms with E-state index in [0.717, 1.165) is 28.7 Å². The molecular formula is C20H16N4O3S. The first-order chi connectivity index (χ1) is 13.6. The minimum Gasteiger partial charge on any atom is -0.325 e. The summed E-state index contributed by atoms with van der Waals surface area (Å²) in [5.74, 6) is 0.776. The first kappa shape index (κ1) is 18.0. The Morgan fingerprint density at radius 3 is 2.82 bits per heavy atom. The number of benzene rings is 2. The minimum absolute atomic E-state index is 0.0158. The van der Waals surface area contributed by atoms with Gasteiger partial charge in [0.15, 0.2) is 5.16 Å². The lowest BCUT2D eigenvalue weighted by Crippen LogP contribution is -2.07. The lowest BCUT2D eigenvalue weighted by atomic mass is 10.1. The fourth-order valence-electron chi connectivity index (χ4n) is 2.87. The molecule has 0 radical (unpaired) electrons. The second-order valence-corrected chi connectivity index (χ2v) is 7.26. The maximum absolute atomic E-state index is 12.2. The summed E-state index contributed by atoms with van der Waals surface area (Å²) < 4.78 is 2.14. The Kier molecular flexibility index (Phi) is 4.94. The van der Waals surface area contributed by atoms with Gasteiger partial charge in [0, 0.05) is 48.0 Å². The molecule has 0 atom stereocenters. The van der Waals surface area contributed by atoms with Gasteiger partial charge in [0.2, 0.25) is 5.91 Å². The van der Waals surface area contributed by atoms with Crippen molar-refractivity contribution < 1.29 is 9.72 Å². The van der Waals surface area contributed by atoms with E-state index in [4.69, 9.17) is 0 Å². The van der Waals surface area contributed by atoms with Gasteiger partial charge in [-0.3, -0.25) is 14.9 Å². The topological polar surface area (TPSA) is 90.1 Å². The van der Waals surface area contributed by atoms with E-state index >= 15 is 0 Å². The number of hydrogen-bond donors (Lipinski definition) is 1. The number of nitrogens with one attached hydrogen (secondary N) is 1. The zero-order valence-corrected chi connectivity index (χ0v) is 15.6. The van der Waals surface area contributed by atoms with Crippen molar-refractivity contribution in [1.82, 2.24) is 9.55 Å². The van der Waals surface area contributed by atoms with Crippen LogP contribution in [-0.2, 0) is 11.3 Å². The molecule has 2 aromatic carbocycles. The zero-order valence-electron chi connectivity index (χ0n) is 14.7. The predicted octanol–water partition coefficient (Wildman–Crippen LogP) is 4.22. The van der Waals surface area contributed by atoms with Gasteiger partial charge in [0.1, 0.15) is 0 Å². The van der Waals surface area contributed by atoms with E-state index in [1.165, 1.54) is 18.2 Å². The van der Waals surface area contributed by atoms with Crippen molar-refractivity contribution in [2.75, 3.05) is 11.1 Å². The van der Waals surface area contributed by atoms with Crippen LogP contribution in [0.2, 0.25) is 0 Å². The van der Waals surface area contributed by atoms with Crippen LogP contribution in [0.25, 0.3) is 17.3 Å². The summed E-state index contributed by atoms with van der Waals surface area (Å²) >= 11 is 1.74. The van der Waals surface area contributed by atoms with Crippen LogP contribution in [-0.4, -0.2) is 26.1 Å². The minimum atomic E-state index is -0.458. The van der Waals surface area contributed by atoms with Gasteiger partial charge in [0.25, 0.3) is 5.69 Å². The van der Waals surface area contributed by atoms with E-state index in [0.29, 0.717) is 11.3 Å². The first-order valence-corrected chi connectivity index (χ1v) is 9.61. The summed E-state index contributed by atoms with van der Waals surface area (Å²) in [7, 11) is 0. The van der Waals surface area contributed by atoms with Crippen LogP contribution in [0.3, 0.4) is 0 Å². The molecule has 0 bridgehead atoms. The number of nitrogens with zero attached hydrogens (tertiary/aromatic N) is 3. The van der Waals surface area contributed by atoms with Crippen molar-refractivity contribution in [3.63, 3.8) is 0 Å². The highest BCUT2D eigenvalue weighted by molar-refractivity contribution is 7.99. The molecule has 0 saturated carbocycles. The molecule has 4 rings (SSSR count). The molecule has 1 amide bonds. The molecule has 1 N–H and O–H groups in total. The average Bonchev–Trinajstić information content (AvgIpc) is 3.29. The molecule has 3 aromatic rings. The molecule has 0 saturated heterocycles. The molecule has 0 unspecified atom stereocenters. The predicted molar refractivity (Wildman–Crippen MR) is 109 cm³/mol. The molecule has 2 heterocycles. The third-order valence-corrected chi connectivity index (χ3v) is 5.23. The quantitative estimate of drug-likeness (QED) is 0.399. The molecule has 0 fully saturated rings. The maximum atomic E-state index is 12.2. The van der Waals surface area contributed by atoms with Gasteiger partial charge in [0.05, 0.1) is 10.6 Å². The highest BCUT2D eigenvalue weighted by atomic mass is 32.2.